The smallest absolute Gasteiger partial charge is 0.271 e. The van der Waals surface area contributed by atoms with Gasteiger partial charge in [-0.15, -0.1) is 11.6 Å². The molecule has 1 aliphatic heterocycles. The zero-order valence-electron chi connectivity index (χ0n) is 17.4. The molecule has 164 valence electrons. The van der Waals surface area contributed by atoms with Crippen LogP contribution in [0.3, 0.4) is 0 Å². The first-order chi connectivity index (χ1) is 15.9. The van der Waals surface area contributed by atoms with Gasteiger partial charge in [0.15, 0.2) is 0 Å². The second-order valence-corrected chi connectivity index (χ2v) is 9.09. The van der Waals surface area contributed by atoms with E-state index in [0.29, 0.717) is 0 Å². The van der Waals surface area contributed by atoms with E-state index in [1.165, 1.54) is 25.3 Å². The molecule has 0 unspecified atom stereocenters. The summed E-state index contributed by atoms with van der Waals surface area (Å²) in [6.07, 6.45) is 0. The van der Waals surface area contributed by atoms with Gasteiger partial charge in [-0.2, -0.15) is 0 Å². The van der Waals surface area contributed by atoms with Crippen LogP contribution in [0.15, 0.2) is 66.7 Å². The monoisotopic (exact) mass is 460 g/mol. The summed E-state index contributed by atoms with van der Waals surface area (Å²) >= 11 is 7.39. The lowest BCUT2D eigenvalue weighted by atomic mass is 9.54. The maximum atomic E-state index is 13.9. The minimum Gasteiger partial charge on any atom is -0.495 e. The van der Waals surface area contributed by atoms with Crippen LogP contribution in [0, 0.1) is 22.0 Å². The molecule has 0 N–H and O–H groups in total. The third-order valence-electron chi connectivity index (χ3n) is 7.13. The van der Waals surface area contributed by atoms with E-state index in [1.54, 1.807) is 0 Å². The van der Waals surface area contributed by atoms with Gasteiger partial charge in [0.2, 0.25) is 11.8 Å². The van der Waals surface area contributed by atoms with Gasteiger partial charge in [0.25, 0.3) is 5.69 Å². The molecular formula is C25H17ClN2O5. The Morgan fingerprint density at radius 2 is 1.58 bits per heavy atom. The number of hydrogen-bond donors (Lipinski definition) is 0. The molecule has 0 saturated carbocycles. The average molecular weight is 461 g/mol. The van der Waals surface area contributed by atoms with E-state index >= 15 is 0 Å². The van der Waals surface area contributed by atoms with Crippen LogP contribution in [0.2, 0.25) is 0 Å². The second kappa shape index (κ2) is 6.65. The van der Waals surface area contributed by atoms with Crippen molar-refractivity contribution in [2.24, 2.45) is 11.8 Å². The van der Waals surface area contributed by atoms with Crippen LogP contribution >= 0.6 is 11.6 Å². The van der Waals surface area contributed by atoms with E-state index in [9.17, 15) is 19.7 Å². The number of rotatable bonds is 3. The number of non-ortho nitro benzene ring substituents is 1. The fourth-order valence-electron chi connectivity index (χ4n) is 5.88. The minimum atomic E-state index is -1.22. The number of nitro groups is 1. The summed E-state index contributed by atoms with van der Waals surface area (Å²) in [5.41, 5.74) is 3.33. The Labute approximate surface area is 193 Å². The zero-order valence-corrected chi connectivity index (χ0v) is 18.2. The summed E-state index contributed by atoms with van der Waals surface area (Å²) in [6, 6.07) is 19.2. The van der Waals surface area contributed by atoms with Gasteiger partial charge in [-0.05, 0) is 28.3 Å². The number of alkyl halides is 1. The minimum absolute atomic E-state index is 0.0591. The van der Waals surface area contributed by atoms with E-state index in [4.69, 9.17) is 16.3 Å². The van der Waals surface area contributed by atoms with Crippen LogP contribution in [0.4, 0.5) is 11.4 Å². The predicted octanol–water partition coefficient (Wildman–Crippen LogP) is 4.35. The third-order valence-corrected chi connectivity index (χ3v) is 7.77. The normalized spacial score (nSPS) is 26.6. The number of imide groups is 1. The third kappa shape index (κ3) is 2.35. The number of amides is 2. The van der Waals surface area contributed by atoms with Crippen molar-refractivity contribution in [3.63, 3.8) is 0 Å². The Bertz CT molecular complexity index is 1340. The van der Waals surface area contributed by atoms with Crippen LogP contribution in [0.5, 0.6) is 5.75 Å². The molecule has 1 saturated heterocycles. The van der Waals surface area contributed by atoms with Crippen molar-refractivity contribution in [3.8, 4) is 5.75 Å². The Hall–Kier alpha value is -3.71. The van der Waals surface area contributed by atoms with E-state index in [2.05, 4.69) is 0 Å². The summed E-state index contributed by atoms with van der Waals surface area (Å²) in [6.45, 7) is 0. The lowest BCUT2D eigenvalue weighted by molar-refractivity contribution is -0.384. The lowest BCUT2D eigenvalue weighted by Gasteiger charge is -2.50. The van der Waals surface area contributed by atoms with E-state index in [1.807, 2.05) is 48.5 Å². The van der Waals surface area contributed by atoms with Crippen molar-refractivity contribution >= 4 is 34.8 Å². The topological polar surface area (TPSA) is 89.8 Å². The summed E-state index contributed by atoms with van der Waals surface area (Å²) in [7, 11) is 1.39. The van der Waals surface area contributed by atoms with Crippen LogP contribution in [0.1, 0.15) is 28.2 Å². The highest BCUT2D eigenvalue weighted by molar-refractivity contribution is 6.33. The van der Waals surface area contributed by atoms with Gasteiger partial charge >= 0.3 is 0 Å². The molecule has 3 aliphatic carbocycles. The SMILES string of the molecule is COc1ccc([N+](=O)[O-])cc1N1C(=O)[C@@H]2[C@@H](C1=O)C1c3ccccc3C2(Cl)c2ccccc21. The highest BCUT2D eigenvalue weighted by Crippen LogP contribution is 2.66. The number of methoxy groups -OCH3 is 1. The Balaban J connectivity index is 1.59. The first kappa shape index (κ1) is 19.9. The Morgan fingerprint density at radius 1 is 0.970 bits per heavy atom. The molecule has 0 radical (unpaired) electrons. The van der Waals surface area contributed by atoms with Crippen LogP contribution in [0.25, 0.3) is 0 Å². The Kier molecular flexibility index (Phi) is 4.02. The Morgan fingerprint density at radius 3 is 2.15 bits per heavy atom. The van der Waals surface area contributed by atoms with Gasteiger partial charge in [0, 0.05) is 18.1 Å². The molecule has 4 aliphatic rings. The molecule has 7 rings (SSSR count). The largest absolute Gasteiger partial charge is 0.495 e. The summed E-state index contributed by atoms with van der Waals surface area (Å²) in [5.74, 6) is -2.61. The molecule has 1 heterocycles. The van der Waals surface area contributed by atoms with Gasteiger partial charge in [-0.1, -0.05) is 48.5 Å². The van der Waals surface area contributed by atoms with Crippen molar-refractivity contribution in [2.75, 3.05) is 12.0 Å². The van der Waals surface area contributed by atoms with Gasteiger partial charge < -0.3 is 4.74 Å². The molecule has 8 heteroatoms. The number of halogens is 1. The predicted molar refractivity (Wildman–Crippen MR) is 120 cm³/mol. The van der Waals surface area contributed by atoms with Crippen molar-refractivity contribution in [2.45, 2.75) is 10.8 Å². The zero-order chi connectivity index (χ0) is 23.1. The molecule has 2 bridgehead atoms. The first-order valence-corrected chi connectivity index (χ1v) is 10.8. The fourth-order valence-corrected chi connectivity index (χ4v) is 6.46. The molecule has 7 nitrogen and oxygen atoms in total. The molecule has 2 amide bonds. The van der Waals surface area contributed by atoms with Crippen molar-refractivity contribution < 1.29 is 19.2 Å². The molecule has 0 spiro atoms. The standard InChI is InChI=1S/C25H17ClN2O5/c1-33-19-11-10-13(28(31)32)12-18(19)27-23(29)21-20-14-6-2-4-8-16(14)25(26,22(21)24(27)30)17-9-5-3-7-15(17)20/h2-12,20-22H,1H3/t20?,21-,22-,25?/m0/s1. The van der Waals surface area contributed by atoms with Crippen LogP contribution in [-0.2, 0) is 14.5 Å². The molecule has 2 atom stereocenters. The number of carbonyl (C=O) groups is 2. The highest BCUT2D eigenvalue weighted by atomic mass is 35.5. The number of nitro benzene ring substituents is 1. The lowest BCUT2D eigenvalue weighted by Crippen LogP contribution is -2.50. The van der Waals surface area contributed by atoms with E-state index < -0.39 is 33.4 Å². The van der Waals surface area contributed by atoms with Crippen molar-refractivity contribution in [1.29, 1.82) is 0 Å². The highest BCUT2D eigenvalue weighted by Gasteiger charge is 2.68. The number of hydrogen-bond acceptors (Lipinski definition) is 5. The number of anilines is 1. The first-order valence-electron chi connectivity index (χ1n) is 10.5. The average Bonchev–Trinajstić information content (AvgIpc) is 3.10. The molecular weight excluding hydrogens is 444 g/mol. The van der Waals surface area contributed by atoms with Crippen molar-refractivity contribution in [3.05, 3.63) is 99.1 Å². The van der Waals surface area contributed by atoms with Gasteiger partial charge in [-0.3, -0.25) is 19.7 Å². The van der Waals surface area contributed by atoms with Gasteiger partial charge in [0.1, 0.15) is 16.3 Å². The summed E-state index contributed by atoms with van der Waals surface area (Å²) in [4.78, 5) is 38.4. The second-order valence-electron chi connectivity index (χ2n) is 8.49. The number of carbonyl (C=O) groups excluding carboxylic acids is 2. The van der Waals surface area contributed by atoms with E-state index in [0.717, 1.165) is 27.2 Å². The van der Waals surface area contributed by atoms with Crippen LogP contribution in [-0.4, -0.2) is 23.8 Å². The maximum Gasteiger partial charge on any atom is 0.271 e. The molecule has 3 aromatic carbocycles. The molecule has 0 aromatic heterocycles. The summed E-state index contributed by atoms with van der Waals surface area (Å²) < 4.78 is 5.36. The van der Waals surface area contributed by atoms with Gasteiger partial charge in [-0.25, -0.2) is 4.90 Å². The van der Waals surface area contributed by atoms with Gasteiger partial charge in [0.05, 0.1) is 23.9 Å². The number of ether oxygens (including phenoxy) is 1. The quantitative estimate of drug-likeness (QED) is 0.251. The number of nitrogens with zero attached hydrogens (tertiary/aromatic N) is 2. The van der Waals surface area contributed by atoms with Crippen LogP contribution < -0.4 is 9.64 Å². The van der Waals surface area contributed by atoms with E-state index in [-0.39, 0.29) is 23.0 Å². The molecule has 3 aromatic rings. The number of benzene rings is 3. The summed E-state index contributed by atoms with van der Waals surface area (Å²) in [5, 5.41) is 11.4. The van der Waals surface area contributed by atoms with Crippen molar-refractivity contribution in [1.82, 2.24) is 0 Å². The maximum absolute atomic E-state index is 13.9. The molecule has 33 heavy (non-hydrogen) atoms. The molecule has 1 fully saturated rings. The fraction of sp³-hybridized carbons (Fsp3) is 0.200.